The van der Waals surface area contributed by atoms with Crippen molar-refractivity contribution in [3.63, 3.8) is 0 Å². The average molecular weight is 423 g/mol. The molecule has 7 N–H and O–H groups in total. The standard InChI is InChI=1S/C17H21N5O6S/c1-17(2,20-16(25)9-6-12(23)19-13(24)7-9)8-28-11-5-3-4-10-14(11)15(18)22-29(26,27)21-10/h3-7,12,19,21,23-24H,8H2,1-2H3,(H2,18,22)(H,20,25). The SMILES string of the molecule is CC(C)(COc1cccc2c1C(N)=NS(=O)(=O)N2)NC(=O)C1=CC(O)NC(O)=C1. The third kappa shape index (κ3) is 4.78. The molecule has 0 fully saturated rings. The monoisotopic (exact) mass is 423 g/mol. The lowest BCUT2D eigenvalue weighted by atomic mass is 10.0. The van der Waals surface area contributed by atoms with Gasteiger partial charge in [-0.05, 0) is 32.1 Å². The first-order chi connectivity index (χ1) is 13.5. The number of fused-ring (bicyclic) bond motifs is 1. The maximum atomic E-state index is 12.4. The quantitative estimate of drug-likeness (QED) is 0.370. The van der Waals surface area contributed by atoms with Crippen molar-refractivity contribution in [3.8, 4) is 5.75 Å². The second-order valence-corrected chi connectivity index (χ2v) is 8.44. The molecular formula is C17H21N5O6S. The summed E-state index contributed by atoms with van der Waals surface area (Å²) in [4.78, 5) is 12.4. The number of rotatable bonds is 5. The molecule has 0 saturated carbocycles. The highest BCUT2D eigenvalue weighted by Crippen LogP contribution is 2.30. The fourth-order valence-corrected chi connectivity index (χ4v) is 3.60. The lowest BCUT2D eigenvalue weighted by molar-refractivity contribution is -0.119. The van der Waals surface area contributed by atoms with Crippen LogP contribution in [0.25, 0.3) is 0 Å². The first kappa shape index (κ1) is 20.5. The van der Waals surface area contributed by atoms with Crippen molar-refractivity contribution >= 4 is 27.6 Å². The van der Waals surface area contributed by atoms with Gasteiger partial charge >= 0.3 is 10.2 Å². The molecule has 2 aliphatic heterocycles. The minimum absolute atomic E-state index is 0.0129. The number of anilines is 1. The van der Waals surface area contributed by atoms with Crippen LogP contribution >= 0.6 is 0 Å². The Balaban J connectivity index is 1.73. The first-order valence-electron chi connectivity index (χ1n) is 8.50. The van der Waals surface area contributed by atoms with Gasteiger partial charge in [-0.25, -0.2) is 0 Å². The van der Waals surface area contributed by atoms with E-state index in [1.165, 1.54) is 18.2 Å². The van der Waals surface area contributed by atoms with Crippen molar-refractivity contribution in [2.75, 3.05) is 11.3 Å². The summed E-state index contributed by atoms with van der Waals surface area (Å²) in [7, 11) is -3.90. The minimum Gasteiger partial charge on any atom is -0.495 e. The van der Waals surface area contributed by atoms with Crippen LogP contribution in [-0.4, -0.2) is 48.7 Å². The van der Waals surface area contributed by atoms with Crippen molar-refractivity contribution in [1.82, 2.24) is 10.6 Å². The highest BCUT2D eigenvalue weighted by Gasteiger charge is 2.28. The fourth-order valence-electron chi connectivity index (χ4n) is 2.75. The number of amidine groups is 1. The van der Waals surface area contributed by atoms with Gasteiger partial charge in [0.05, 0.1) is 16.8 Å². The van der Waals surface area contributed by atoms with Gasteiger partial charge in [0.25, 0.3) is 5.91 Å². The topological polar surface area (TPSA) is 175 Å². The summed E-state index contributed by atoms with van der Waals surface area (Å²) in [6.07, 6.45) is 1.26. The summed E-state index contributed by atoms with van der Waals surface area (Å²) in [6, 6.07) is 4.72. The van der Waals surface area contributed by atoms with Gasteiger partial charge in [-0.1, -0.05) is 6.07 Å². The van der Waals surface area contributed by atoms with E-state index in [0.717, 1.165) is 0 Å². The van der Waals surface area contributed by atoms with E-state index in [4.69, 9.17) is 10.5 Å². The molecule has 1 unspecified atom stereocenters. The number of benzene rings is 1. The van der Waals surface area contributed by atoms with Crippen molar-refractivity contribution in [3.05, 3.63) is 47.4 Å². The van der Waals surface area contributed by atoms with Crippen LogP contribution in [0.4, 0.5) is 5.69 Å². The molecule has 0 aromatic heterocycles. The maximum Gasteiger partial charge on any atom is 0.344 e. The van der Waals surface area contributed by atoms with Gasteiger partial charge in [0.1, 0.15) is 18.6 Å². The zero-order chi connectivity index (χ0) is 21.4. The number of hydrogen-bond acceptors (Lipinski definition) is 8. The summed E-state index contributed by atoms with van der Waals surface area (Å²) in [6.45, 7) is 3.43. The molecule has 1 amide bonds. The Morgan fingerprint density at radius 1 is 1.41 bits per heavy atom. The molecule has 2 aliphatic rings. The van der Waals surface area contributed by atoms with Gasteiger partial charge in [-0.2, -0.15) is 8.42 Å². The van der Waals surface area contributed by atoms with Crippen LogP contribution in [0.2, 0.25) is 0 Å². The van der Waals surface area contributed by atoms with E-state index in [0.29, 0.717) is 11.3 Å². The Bertz CT molecular complexity index is 1040. The fraction of sp³-hybridized carbons (Fsp3) is 0.294. The summed E-state index contributed by atoms with van der Waals surface area (Å²) in [5, 5.41) is 24.1. The molecule has 2 heterocycles. The third-order valence-corrected chi connectivity index (χ3v) is 4.88. The lowest BCUT2D eigenvalue weighted by Gasteiger charge is -2.28. The van der Waals surface area contributed by atoms with Crippen LogP contribution < -0.4 is 25.8 Å². The number of nitrogens with zero attached hydrogens (tertiary/aromatic N) is 1. The summed E-state index contributed by atoms with van der Waals surface area (Å²) < 4.78 is 34.8. The van der Waals surface area contributed by atoms with Crippen LogP contribution in [0.1, 0.15) is 19.4 Å². The first-order valence-corrected chi connectivity index (χ1v) is 9.94. The minimum atomic E-state index is -3.90. The van der Waals surface area contributed by atoms with E-state index in [1.54, 1.807) is 26.0 Å². The molecule has 1 aromatic rings. The number of nitrogens with one attached hydrogen (secondary N) is 3. The molecule has 0 aliphatic carbocycles. The molecule has 0 spiro atoms. The van der Waals surface area contributed by atoms with Gasteiger partial charge in [-0.3, -0.25) is 9.52 Å². The van der Waals surface area contributed by atoms with Crippen molar-refractivity contribution < 1.29 is 28.2 Å². The van der Waals surface area contributed by atoms with E-state index >= 15 is 0 Å². The van der Waals surface area contributed by atoms with Crippen LogP contribution in [0, 0.1) is 0 Å². The molecule has 0 radical (unpaired) electrons. The molecule has 0 saturated heterocycles. The van der Waals surface area contributed by atoms with Crippen molar-refractivity contribution in [2.45, 2.75) is 25.6 Å². The number of aliphatic hydroxyl groups is 2. The summed E-state index contributed by atoms with van der Waals surface area (Å²) in [5.41, 5.74) is 5.56. The Morgan fingerprint density at radius 2 is 2.14 bits per heavy atom. The average Bonchev–Trinajstić information content (AvgIpc) is 2.57. The Kier molecular flexibility index (Phi) is 5.15. The number of carbonyl (C=O) groups excluding carboxylic acids is 1. The second-order valence-electron chi connectivity index (χ2n) is 7.10. The van der Waals surface area contributed by atoms with Crippen molar-refractivity contribution in [2.24, 2.45) is 10.1 Å². The predicted octanol–water partition coefficient (Wildman–Crippen LogP) is -0.417. The lowest BCUT2D eigenvalue weighted by Crippen LogP contribution is -2.49. The van der Waals surface area contributed by atoms with Crippen LogP contribution in [0.3, 0.4) is 0 Å². The van der Waals surface area contributed by atoms with Gasteiger partial charge in [0.15, 0.2) is 11.7 Å². The largest absolute Gasteiger partial charge is 0.495 e. The maximum absolute atomic E-state index is 12.4. The van der Waals surface area contributed by atoms with E-state index in [9.17, 15) is 23.4 Å². The molecule has 0 bridgehead atoms. The highest BCUT2D eigenvalue weighted by molar-refractivity contribution is 7.91. The number of carbonyl (C=O) groups is 1. The Labute approximate surface area is 167 Å². The number of nitrogens with two attached hydrogens (primary N) is 1. The van der Waals surface area contributed by atoms with E-state index < -0.39 is 27.9 Å². The number of aliphatic hydroxyl groups excluding tert-OH is 2. The third-order valence-electron chi connectivity index (χ3n) is 3.97. The predicted molar refractivity (Wildman–Crippen MR) is 105 cm³/mol. The van der Waals surface area contributed by atoms with E-state index in [-0.39, 0.29) is 29.6 Å². The zero-order valence-corrected chi connectivity index (χ0v) is 16.4. The van der Waals surface area contributed by atoms with Crippen LogP contribution in [-0.2, 0) is 15.0 Å². The molecule has 1 atom stereocenters. The Morgan fingerprint density at radius 3 is 2.83 bits per heavy atom. The van der Waals surface area contributed by atoms with Gasteiger partial charge in [0, 0.05) is 11.6 Å². The van der Waals surface area contributed by atoms with Crippen LogP contribution in [0.5, 0.6) is 5.75 Å². The highest BCUT2D eigenvalue weighted by atomic mass is 32.2. The molecule has 1 aromatic carbocycles. The summed E-state index contributed by atoms with van der Waals surface area (Å²) >= 11 is 0. The smallest absolute Gasteiger partial charge is 0.344 e. The Hall–Kier alpha value is -3.25. The van der Waals surface area contributed by atoms with Gasteiger partial charge < -0.3 is 31.3 Å². The van der Waals surface area contributed by atoms with E-state index in [2.05, 4.69) is 19.8 Å². The number of hydrogen-bond donors (Lipinski definition) is 6. The summed E-state index contributed by atoms with van der Waals surface area (Å²) in [5.74, 6) is -0.755. The number of amides is 1. The zero-order valence-electron chi connectivity index (χ0n) is 15.6. The molecule has 12 heteroatoms. The normalized spacial score (nSPS) is 20.1. The van der Waals surface area contributed by atoms with Gasteiger partial charge in [-0.15, -0.1) is 4.40 Å². The van der Waals surface area contributed by atoms with Crippen LogP contribution in [0.15, 0.2) is 46.2 Å². The second kappa shape index (κ2) is 7.29. The number of ether oxygens (including phenoxy) is 1. The molecule has 3 rings (SSSR count). The molecule has 29 heavy (non-hydrogen) atoms. The van der Waals surface area contributed by atoms with Crippen molar-refractivity contribution in [1.29, 1.82) is 0 Å². The van der Waals surface area contributed by atoms with E-state index in [1.807, 2.05) is 0 Å². The molecule has 11 nitrogen and oxygen atoms in total. The molecular weight excluding hydrogens is 402 g/mol. The number of dihydropyridines is 1. The van der Waals surface area contributed by atoms with Gasteiger partial charge in [0.2, 0.25) is 0 Å². The molecule has 156 valence electrons.